The molecule has 1 aromatic rings. The minimum atomic E-state index is -4.50. The first kappa shape index (κ1) is 17.9. The highest BCUT2D eigenvalue weighted by Gasteiger charge is 2.33. The van der Waals surface area contributed by atoms with Gasteiger partial charge in [-0.2, -0.15) is 18.4 Å². The van der Waals surface area contributed by atoms with Crippen LogP contribution >= 0.6 is 0 Å². The molecule has 7 heteroatoms. The molecule has 128 valence electrons. The van der Waals surface area contributed by atoms with Crippen LogP contribution in [0.1, 0.15) is 25.3 Å². The normalized spacial score (nSPS) is 14.9. The molecule has 0 bridgehead atoms. The van der Waals surface area contributed by atoms with E-state index in [4.69, 9.17) is 10.00 Å². The van der Waals surface area contributed by atoms with Crippen molar-refractivity contribution in [2.75, 3.05) is 18.1 Å². The smallest absolute Gasteiger partial charge is 0.416 e. The van der Waals surface area contributed by atoms with E-state index in [2.05, 4.69) is 0 Å². The summed E-state index contributed by atoms with van der Waals surface area (Å²) >= 11 is 0. The first-order valence-electron chi connectivity index (χ1n) is 7.57. The third-order valence-electron chi connectivity index (χ3n) is 3.59. The van der Waals surface area contributed by atoms with Gasteiger partial charge in [0, 0.05) is 12.2 Å². The van der Waals surface area contributed by atoms with Crippen LogP contribution in [0.15, 0.2) is 36.1 Å². The van der Waals surface area contributed by atoms with E-state index in [1.807, 2.05) is 0 Å². The van der Waals surface area contributed by atoms with E-state index in [0.29, 0.717) is 0 Å². The fraction of sp³-hybridized carbons (Fsp3) is 0.412. The molecule has 1 aliphatic carbocycles. The second-order valence-electron chi connectivity index (χ2n) is 5.51. The van der Waals surface area contributed by atoms with Gasteiger partial charge in [-0.1, -0.05) is 6.07 Å². The maximum atomic E-state index is 12.9. The van der Waals surface area contributed by atoms with Crippen LogP contribution in [0.25, 0.3) is 0 Å². The molecule has 4 nitrogen and oxygen atoms in total. The second kappa shape index (κ2) is 7.39. The van der Waals surface area contributed by atoms with Crippen molar-refractivity contribution in [2.24, 2.45) is 5.92 Å². The van der Waals surface area contributed by atoms with E-state index in [1.165, 1.54) is 17.0 Å². The number of amides is 1. The van der Waals surface area contributed by atoms with Gasteiger partial charge in [-0.25, -0.2) is 0 Å². The third-order valence-corrected chi connectivity index (χ3v) is 3.59. The van der Waals surface area contributed by atoms with Crippen LogP contribution in [0.3, 0.4) is 0 Å². The zero-order valence-corrected chi connectivity index (χ0v) is 13.1. The van der Waals surface area contributed by atoms with Crippen molar-refractivity contribution >= 4 is 11.6 Å². The van der Waals surface area contributed by atoms with Crippen molar-refractivity contribution in [1.82, 2.24) is 0 Å². The number of halogens is 3. The SMILES string of the molecule is CCO/C=C(/C#N)C(=O)N(CC1CC1)c1cccc(C(F)(F)F)c1. The number of carbonyl (C=O) groups is 1. The second-order valence-corrected chi connectivity index (χ2v) is 5.51. The molecule has 1 fully saturated rings. The van der Waals surface area contributed by atoms with Gasteiger partial charge < -0.3 is 9.64 Å². The van der Waals surface area contributed by atoms with E-state index in [1.54, 1.807) is 13.0 Å². The number of benzene rings is 1. The van der Waals surface area contributed by atoms with Gasteiger partial charge >= 0.3 is 6.18 Å². The van der Waals surface area contributed by atoms with E-state index >= 15 is 0 Å². The van der Waals surface area contributed by atoms with Crippen LogP contribution < -0.4 is 4.90 Å². The Morgan fingerprint density at radius 2 is 2.17 bits per heavy atom. The predicted octanol–water partition coefficient (Wildman–Crippen LogP) is 3.89. The van der Waals surface area contributed by atoms with Crippen molar-refractivity contribution in [1.29, 1.82) is 5.26 Å². The molecule has 1 aromatic carbocycles. The Morgan fingerprint density at radius 1 is 1.46 bits per heavy atom. The number of ether oxygens (including phenoxy) is 1. The number of hydrogen-bond donors (Lipinski definition) is 0. The van der Waals surface area contributed by atoms with Gasteiger partial charge in [-0.15, -0.1) is 0 Å². The maximum Gasteiger partial charge on any atom is 0.416 e. The lowest BCUT2D eigenvalue weighted by Gasteiger charge is -2.23. The zero-order valence-electron chi connectivity index (χ0n) is 13.1. The summed E-state index contributed by atoms with van der Waals surface area (Å²) in [5.41, 5.74) is -0.949. The molecule has 0 radical (unpaired) electrons. The highest BCUT2D eigenvalue weighted by molar-refractivity contribution is 6.08. The lowest BCUT2D eigenvalue weighted by Crippen LogP contribution is -2.34. The Hall–Kier alpha value is -2.49. The van der Waals surface area contributed by atoms with Crippen LogP contribution in [0.5, 0.6) is 0 Å². The highest BCUT2D eigenvalue weighted by atomic mass is 19.4. The van der Waals surface area contributed by atoms with Gasteiger partial charge in [0.15, 0.2) is 5.57 Å². The molecule has 1 aliphatic rings. The minimum absolute atomic E-state index is 0.124. The molecule has 0 atom stereocenters. The van der Waals surface area contributed by atoms with Crippen LogP contribution in [-0.4, -0.2) is 19.1 Å². The molecule has 0 N–H and O–H groups in total. The third kappa shape index (κ3) is 4.51. The first-order valence-corrected chi connectivity index (χ1v) is 7.57. The van der Waals surface area contributed by atoms with Crippen molar-refractivity contribution in [2.45, 2.75) is 25.9 Å². The van der Waals surface area contributed by atoms with E-state index < -0.39 is 17.6 Å². The average Bonchev–Trinajstić information content (AvgIpc) is 3.36. The van der Waals surface area contributed by atoms with E-state index in [0.717, 1.165) is 31.2 Å². The number of carbonyl (C=O) groups excluding carboxylic acids is 1. The van der Waals surface area contributed by atoms with Gasteiger partial charge in [0.2, 0.25) is 0 Å². The summed E-state index contributed by atoms with van der Waals surface area (Å²) in [7, 11) is 0. The monoisotopic (exact) mass is 338 g/mol. The van der Waals surface area contributed by atoms with Crippen LogP contribution in [-0.2, 0) is 15.7 Å². The number of nitrogens with zero attached hydrogens (tertiary/aromatic N) is 2. The van der Waals surface area contributed by atoms with Crippen molar-refractivity contribution in [3.63, 3.8) is 0 Å². The zero-order chi connectivity index (χ0) is 17.7. The summed E-state index contributed by atoms with van der Waals surface area (Å²) in [5.74, 6) is -0.410. The Labute approximate surface area is 138 Å². The summed E-state index contributed by atoms with van der Waals surface area (Å²) < 4.78 is 43.7. The molecule has 1 saturated carbocycles. The van der Waals surface area contributed by atoms with Crippen molar-refractivity contribution < 1.29 is 22.7 Å². The fourth-order valence-electron chi connectivity index (χ4n) is 2.15. The summed E-state index contributed by atoms with van der Waals surface area (Å²) in [6, 6.07) is 6.31. The van der Waals surface area contributed by atoms with E-state index in [-0.39, 0.29) is 30.3 Å². The standard InChI is InChI=1S/C17H17F3N2O2/c1-2-24-11-13(9-21)16(23)22(10-12-6-7-12)15-5-3-4-14(8-15)17(18,19)20/h3-5,8,11-12H,2,6-7,10H2,1H3/b13-11-. The molecule has 0 spiro atoms. The average molecular weight is 338 g/mol. The summed E-state index contributed by atoms with van der Waals surface area (Å²) in [4.78, 5) is 13.8. The molecule has 2 rings (SSSR count). The number of hydrogen-bond acceptors (Lipinski definition) is 3. The van der Waals surface area contributed by atoms with E-state index in [9.17, 15) is 18.0 Å². The summed E-state index contributed by atoms with van der Waals surface area (Å²) in [6.45, 7) is 2.26. The van der Waals surface area contributed by atoms with Crippen molar-refractivity contribution in [3.05, 3.63) is 41.7 Å². The lowest BCUT2D eigenvalue weighted by atomic mass is 10.1. The molecule has 0 aromatic heterocycles. The number of rotatable bonds is 6. The lowest BCUT2D eigenvalue weighted by molar-refractivity contribution is -0.137. The fourth-order valence-corrected chi connectivity index (χ4v) is 2.15. The number of nitriles is 1. The number of alkyl halides is 3. The quantitative estimate of drug-likeness (QED) is 0.449. The largest absolute Gasteiger partial charge is 0.500 e. The predicted molar refractivity (Wildman–Crippen MR) is 81.8 cm³/mol. The molecule has 1 amide bonds. The minimum Gasteiger partial charge on any atom is -0.500 e. The molecule has 24 heavy (non-hydrogen) atoms. The molecule has 0 heterocycles. The van der Waals surface area contributed by atoms with Crippen LogP contribution in [0.2, 0.25) is 0 Å². The first-order chi connectivity index (χ1) is 11.4. The molecule has 0 saturated heterocycles. The Bertz CT molecular complexity index is 673. The molecular formula is C17H17F3N2O2. The highest BCUT2D eigenvalue weighted by Crippen LogP contribution is 2.35. The van der Waals surface area contributed by atoms with Crippen molar-refractivity contribution in [3.8, 4) is 6.07 Å². The topological polar surface area (TPSA) is 53.3 Å². The summed E-state index contributed by atoms with van der Waals surface area (Å²) in [5, 5.41) is 9.13. The van der Waals surface area contributed by atoms with Gasteiger partial charge in [0.25, 0.3) is 5.91 Å². The van der Waals surface area contributed by atoms with Gasteiger partial charge in [0.05, 0.1) is 12.2 Å². The Balaban J connectivity index is 2.35. The number of anilines is 1. The van der Waals surface area contributed by atoms with Crippen LogP contribution in [0.4, 0.5) is 18.9 Å². The molecule has 0 aliphatic heterocycles. The Morgan fingerprint density at radius 3 is 2.71 bits per heavy atom. The summed E-state index contributed by atoms with van der Waals surface area (Å²) in [6.07, 6.45) is -1.61. The Kier molecular flexibility index (Phi) is 5.50. The van der Waals surface area contributed by atoms with Gasteiger partial charge in [-0.05, 0) is 43.9 Å². The van der Waals surface area contributed by atoms with Crippen LogP contribution in [0, 0.1) is 17.2 Å². The van der Waals surface area contributed by atoms with Gasteiger partial charge in [0.1, 0.15) is 12.3 Å². The molecular weight excluding hydrogens is 321 g/mol. The van der Waals surface area contributed by atoms with Gasteiger partial charge in [-0.3, -0.25) is 4.79 Å². The molecule has 0 unspecified atom stereocenters. The maximum absolute atomic E-state index is 12.9.